The highest BCUT2D eigenvalue weighted by atomic mass is 19.1. The van der Waals surface area contributed by atoms with E-state index in [1.54, 1.807) is 30.3 Å². The predicted molar refractivity (Wildman–Crippen MR) is 114 cm³/mol. The Labute approximate surface area is 179 Å². The van der Waals surface area contributed by atoms with Crippen LogP contribution in [0.15, 0.2) is 71.5 Å². The summed E-state index contributed by atoms with van der Waals surface area (Å²) >= 11 is 0. The number of hydrogen-bond acceptors (Lipinski definition) is 4. The summed E-state index contributed by atoms with van der Waals surface area (Å²) in [6.45, 7) is 0.219. The first-order valence-corrected chi connectivity index (χ1v) is 9.69. The number of aromatic amines is 1. The van der Waals surface area contributed by atoms with E-state index in [1.165, 1.54) is 40.9 Å². The fraction of sp³-hybridized carbons (Fsp3) is 0.0435. The van der Waals surface area contributed by atoms with Gasteiger partial charge in [0, 0.05) is 17.7 Å². The van der Waals surface area contributed by atoms with Crippen LogP contribution in [-0.2, 0) is 6.54 Å². The molecule has 0 unspecified atom stereocenters. The molecule has 0 saturated carbocycles. The van der Waals surface area contributed by atoms with Crippen molar-refractivity contribution in [2.45, 2.75) is 6.54 Å². The van der Waals surface area contributed by atoms with E-state index in [1.807, 2.05) is 0 Å². The highest BCUT2D eigenvalue weighted by molar-refractivity contribution is 5.98. The first kappa shape index (κ1) is 19.6. The van der Waals surface area contributed by atoms with Crippen molar-refractivity contribution in [2.75, 3.05) is 0 Å². The molecule has 0 aliphatic carbocycles. The zero-order chi connectivity index (χ0) is 22.2. The third-order valence-electron chi connectivity index (χ3n) is 5.09. The van der Waals surface area contributed by atoms with E-state index in [-0.39, 0.29) is 23.9 Å². The SMILES string of the molecule is O=C(NCc1ccc(F)cc1)c1ccc2c(=O)nc3c(-c4cccc(F)c4)n[nH]n3c2c1. The molecule has 0 aliphatic rings. The van der Waals surface area contributed by atoms with Crippen molar-refractivity contribution in [3.05, 3.63) is 99.8 Å². The molecule has 2 heterocycles. The number of halogens is 2. The lowest BCUT2D eigenvalue weighted by Gasteiger charge is -2.07. The van der Waals surface area contributed by atoms with Crippen molar-refractivity contribution in [3.63, 3.8) is 0 Å². The van der Waals surface area contributed by atoms with Crippen molar-refractivity contribution in [1.82, 2.24) is 25.1 Å². The molecule has 0 radical (unpaired) electrons. The molecule has 0 fully saturated rings. The number of aromatic nitrogens is 4. The van der Waals surface area contributed by atoms with Crippen molar-refractivity contribution < 1.29 is 13.6 Å². The number of fused-ring (bicyclic) bond motifs is 3. The van der Waals surface area contributed by atoms with E-state index >= 15 is 0 Å². The average Bonchev–Trinajstić information content (AvgIpc) is 3.22. The summed E-state index contributed by atoms with van der Waals surface area (Å²) in [5.41, 5.74) is 1.98. The summed E-state index contributed by atoms with van der Waals surface area (Å²) in [6, 6.07) is 16.2. The molecule has 9 heteroatoms. The van der Waals surface area contributed by atoms with E-state index in [0.29, 0.717) is 27.7 Å². The zero-order valence-corrected chi connectivity index (χ0v) is 16.5. The summed E-state index contributed by atoms with van der Waals surface area (Å²) < 4.78 is 28.2. The highest BCUT2D eigenvalue weighted by Gasteiger charge is 2.16. The fourth-order valence-corrected chi connectivity index (χ4v) is 3.49. The van der Waals surface area contributed by atoms with E-state index in [9.17, 15) is 18.4 Å². The molecule has 5 aromatic rings. The van der Waals surface area contributed by atoms with Crippen LogP contribution in [0.4, 0.5) is 8.78 Å². The Kier molecular flexibility index (Phi) is 4.70. The Balaban J connectivity index is 1.53. The van der Waals surface area contributed by atoms with Crippen molar-refractivity contribution >= 4 is 22.5 Å². The van der Waals surface area contributed by atoms with Crippen LogP contribution in [0.1, 0.15) is 15.9 Å². The number of H-pyrrole nitrogens is 1. The lowest BCUT2D eigenvalue weighted by atomic mass is 10.1. The van der Waals surface area contributed by atoms with Gasteiger partial charge in [-0.3, -0.25) is 9.59 Å². The van der Waals surface area contributed by atoms with Crippen LogP contribution >= 0.6 is 0 Å². The molecule has 3 aromatic carbocycles. The average molecular weight is 431 g/mol. The Bertz CT molecular complexity index is 1540. The number of amides is 1. The minimum atomic E-state index is -0.489. The molecular formula is C23H15F2N5O2. The molecule has 5 rings (SSSR count). The maximum absolute atomic E-state index is 13.7. The van der Waals surface area contributed by atoms with E-state index in [0.717, 1.165) is 5.56 Å². The third kappa shape index (κ3) is 3.49. The van der Waals surface area contributed by atoms with Gasteiger partial charge in [0.15, 0.2) is 5.65 Å². The van der Waals surface area contributed by atoms with E-state index in [2.05, 4.69) is 20.6 Å². The van der Waals surface area contributed by atoms with Gasteiger partial charge in [-0.2, -0.15) is 10.1 Å². The largest absolute Gasteiger partial charge is 0.348 e. The van der Waals surface area contributed by atoms with Crippen LogP contribution in [0, 0.1) is 11.6 Å². The quantitative estimate of drug-likeness (QED) is 0.456. The molecule has 1 amide bonds. The first-order chi connectivity index (χ1) is 15.5. The fourth-order valence-electron chi connectivity index (χ4n) is 3.49. The number of nitrogens with zero attached hydrogens (tertiary/aromatic N) is 3. The van der Waals surface area contributed by atoms with Gasteiger partial charge in [-0.25, -0.2) is 18.5 Å². The van der Waals surface area contributed by atoms with Crippen molar-refractivity contribution in [1.29, 1.82) is 0 Å². The van der Waals surface area contributed by atoms with Gasteiger partial charge in [-0.05, 0) is 48.0 Å². The maximum Gasteiger partial charge on any atom is 0.281 e. The number of carbonyl (C=O) groups excluding carboxylic acids is 1. The van der Waals surface area contributed by atoms with Gasteiger partial charge in [-0.15, -0.1) is 0 Å². The molecule has 0 atom stereocenters. The number of benzene rings is 3. The second-order valence-corrected chi connectivity index (χ2v) is 7.19. The molecular weight excluding hydrogens is 416 g/mol. The zero-order valence-electron chi connectivity index (χ0n) is 16.5. The van der Waals surface area contributed by atoms with Crippen LogP contribution < -0.4 is 10.9 Å². The third-order valence-corrected chi connectivity index (χ3v) is 5.09. The molecule has 7 nitrogen and oxygen atoms in total. The van der Waals surface area contributed by atoms with Gasteiger partial charge >= 0.3 is 0 Å². The molecule has 158 valence electrons. The summed E-state index contributed by atoms with van der Waals surface area (Å²) in [6.07, 6.45) is 0. The Morgan fingerprint density at radius 3 is 2.59 bits per heavy atom. The molecule has 32 heavy (non-hydrogen) atoms. The second-order valence-electron chi connectivity index (χ2n) is 7.19. The van der Waals surface area contributed by atoms with Gasteiger partial charge in [0.2, 0.25) is 0 Å². The number of hydrogen-bond donors (Lipinski definition) is 2. The summed E-state index contributed by atoms with van der Waals surface area (Å²) in [7, 11) is 0. The van der Waals surface area contributed by atoms with Gasteiger partial charge in [0.05, 0.1) is 10.9 Å². The maximum atomic E-state index is 13.7. The number of carbonyl (C=O) groups is 1. The molecule has 0 spiro atoms. The lowest BCUT2D eigenvalue weighted by molar-refractivity contribution is 0.0951. The van der Waals surface area contributed by atoms with Gasteiger partial charge in [-0.1, -0.05) is 24.3 Å². The summed E-state index contributed by atoms with van der Waals surface area (Å²) in [5.74, 6) is -1.15. The molecule has 0 saturated heterocycles. The van der Waals surface area contributed by atoms with E-state index in [4.69, 9.17) is 0 Å². The normalized spacial score (nSPS) is 11.2. The Morgan fingerprint density at radius 2 is 1.81 bits per heavy atom. The smallest absolute Gasteiger partial charge is 0.281 e. The van der Waals surface area contributed by atoms with Gasteiger partial charge in [0.25, 0.3) is 11.5 Å². The summed E-state index contributed by atoms with van der Waals surface area (Å²) in [4.78, 5) is 29.3. The van der Waals surface area contributed by atoms with Crippen molar-refractivity contribution in [2.24, 2.45) is 0 Å². The van der Waals surface area contributed by atoms with Gasteiger partial charge in [0.1, 0.15) is 17.3 Å². The van der Waals surface area contributed by atoms with E-state index < -0.39 is 11.4 Å². The second kappa shape index (κ2) is 7.69. The number of rotatable bonds is 4. The summed E-state index contributed by atoms with van der Waals surface area (Å²) in [5, 5.41) is 10.0. The van der Waals surface area contributed by atoms with Crippen LogP contribution in [0.5, 0.6) is 0 Å². The Morgan fingerprint density at radius 1 is 1.00 bits per heavy atom. The van der Waals surface area contributed by atoms with Crippen molar-refractivity contribution in [3.8, 4) is 11.3 Å². The van der Waals surface area contributed by atoms with Crippen LogP contribution in [-0.4, -0.2) is 25.7 Å². The van der Waals surface area contributed by atoms with Crippen LogP contribution in [0.3, 0.4) is 0 Å². The lowest BCUT2D eigenvalue weighted by Crippen LogP contribution is -2.23. The minimum absolute atomic E-state index is 0.219. The molecule has 0 bridgehead atoms. The monoisotopic (exact) mass is 431 g/mol. The molecule has 2 N–H and O–H groups in total. The van der Waals surface area contributed by atoms with Crippen LogP contribution in [0.25, 0.3) is 27.8 Å². The molecule has 0 aliphatic heterocycles. The topological polar surface area (TPSA) is 92.2 Å². The first-order valence-electron chi connectivity index (χ1n) is 9.69. The predicted octanol–water partition coefficient (Wildman–Crippen LogP) is 3.45. The highest BCUT2D eigenvalue weighted by Crippen LogP contribution is 2.23. The van der Waals surface area contributed by atoms with Gasteiger partial charge < -0.3 is 5.32 Å². The Hall–Kier alpha value is -4.40. The number of nitrogens with one attached hydrogen (secondary N) is 2. The van der Waals surface area contributed by atoms with Crippen LogP contribution in [0.2, 0.25) is 0 Å². The minimum Gasteiger partial charge on any atom is -0.348 e. The standard InChI is InChI=1S/C23H15F2N5O2/c24-16-7-4-13(5-8-16)12-26-22(31)15-6-9-18-19(11-15)30-21(27-23(18)32)20(28-29-30)14-2-1-3-17(25)10-14/h1-11,29H,12H2,(H,26,31). The molecule has 2 aromatic heterocycles.